The zero-order valence-electron chi connectivity index (χ0n) is 11.8. The van der Waals surface area contributed by atoms with Crippen LogP contribution in [0.3, 0.4) is 0 Å². The minimum atomic E-state index is -0.0722. The van der Waals surface area contributed by atoms with E-state index in [0.717, 1.165) is 22.2 Å². The van der Waals surface area contributed by atoms with Crippen LogP contribution >= 0.6 is 11.6 Å². The highest BCUT2D eigenvalue weighted by Crippen LogP contribution is 2.27. The SMILES string of the molecule is Cn1nc(CC(NN)c2ccccc2Cl)c2ccccc21. The van der Waals surface area contributed by atoms with Crippen LogP contribution in [0.4, 0.5) is 0 Å². The van der Waals surface area contributed by atoms with E-state index < -0.39 is 0 Å². The van der Waals surface area contributed by atoms with Gasteiger partial charge < -0.3 is 0 Å². The number of hydrogen-bond acceptors (Lipinski definition) is 3. The molecule has 0 radical (unpaired) electrons. The molecule has 3 aromatic rings. The molecule has 4 nitrogen and oxygen atoms in total. The number of rotatable bonds is 4. The molecule has 0 fully saturated rings. The third-order valence-corrected chi connectivity index (χ3v) is 4.06. The van der Waals surface area contributed by atoms with Gasteiger partial charge in [0, 0.05) is 23.9 Å². The van der Waals surface area contributed by atoms with Crippen molar-refractivity contribution < 1.29 is 0 Å². The number of hydrogen-bond donors (Lipinski definition) is 2. The first-order valence-corrected chi connectivity index (χ1v) is 7.19. The minimum Gasteiger partial charge on any atom is -0.271 e. The van der Waals surface area contributed by atoms with Crippen LogP contribution in [-0.2, 0) is 13.5 Å². The standard InChI is InChI=1S/C16H17ClN4/c1-21-16-9-5-3-7-12(16)15(20-21)10-14(19-18)11-6-2-4-8-13(11)17/h2-9,14,19H,10,18H2,1H3. The second-order valence-electron chi connectivity index (χ2n) is 5.03. The Labute approximate surface area is 128 Å². The monoisotopic (exact) mass is 300 g/mol. The van der Waals surface area contributed by atoms with E-state index in [2.05, 4.69) is 22.7 Å². The van der Waals surface area contributed by atoms with Crippen molar-refractivity contribution in [1.82, 2.24) is 15.2 Å². The summed E-state index contributed by atoms with van der Waals surface area (Å²) < 4.78 is 1.89. The van der Waals surface area contributed by atoms with Gasteiger partial charge in [0.25, 0.3) is 0 Å². The zero-order valence-corrected chi connectivity index (χ0v) is 12.5. The average Bonchev–Trinajstić information content (AvgIpc) is 2.82. The first-order valence-electron chi connectivity index (χ1n) is 6.82. The van der Waals surface area contributed by atoms with Gasteiger partial charge >= 0.3 is 0 Å². The van der Waals surface area contributed by atoms with Gasteiger partial charge in [-0.25, -0.2) is 0 Å². The Morgan fingerprint density at radius 2 is 1.90 bits per heavy atom. The summed E-state index contributed by atoms with van der Waals surface area (Å²) in [7, 11) is 1.95. The maximum Gasteiger partial charge on any atom is 0.0722 e. The first-order chi connectivity index (χ1) is 10.2. The summed E-state index contributed by atoms with van der Waals surface area (Å²) in [5.74, 6) is 5.73. The highest BCUT2D eigenvalue weighted by atomic mass is 35.5. The maximum absolute atomic E-state index is 6.27. The van der Waals surface area contributed by atoms with E-state index in [1.807, 2.05) is 48.1 Å². The van der Waals surface area contributed by atoms with Gasteiger partial charge in [-0.2, -0.15) is 5.10 Å². The summed E-state index contributed by atoms with van der Waals surface area (Å²) in [6.07, 6.45) is 0.682. The topological polar surface area (TPSA) is 55.9 Å². The molecule has 1 aromatic heterocycles. The fourth-order valence-corrected chi connectivity index (χ4v) is 2.92. The molecule has 5 heteroatoms. The smallest absolute Gasteiger partial charge is 0.0722 e. The Balaban J connectivity index is 1.99. The number of nitrogens with one attached hydrogen (secondary N) is 1. The maximum atomic E-state index is 6.27. The van der Waals surface area contributed by atoms with Crippen molar-refractivity contribution in [2.75, 3.05) is 0 Å². The first kappa shape index (κ1) is 14.1. The van der Waals surface area contributed by atoms with Crippen molar-refractivity contribution in [3.63, 3.8) is 0 Å². The fraction of sp³-hybridized carbons (Fsp3) is 0.188. The number of aryl methyl sites for hydroxylation is 1. The number of halogens is 1. The van der Waals surface area contributed by atoms with Crippen LogP contribution in [0.1, 0.15) is 17.3 Å². The molecule has 3 N–H and O–H groups in total. The molecule has 1 atom stereocenters. The van der Waals surface area contributed by atoms with Crippen LogP contribution in [0.5, 0.6) is 0 Å². The van der Waals surface area contributed by atoms with Crippen molar-refractivity contribution in [3.8, 4) is 0 Å². The Kier molecular flexibility index (Phi) is 3.92. The van der Waals surface area contributed by atoms with Gasteiger partial charge in [0.15, 0.2) is 0 Å². The molecule has 2 aromatic carbocycles. The summed E-state index contributed by atoms with van der Waals surface area (Å²) in [5.41, 5.74) is 5.95. The van der Waals surface area contributed by atoms with Crippen LogP contribution < -0.4 is 11.3 Å². The molecule has 0 aliphatic heterocycles. The Hall–Kier alpha value is -1.88. The molecule has 1 heterocycles. The van der Waals surface area contributed by atoms with Crippen LogP contribution in [0, 0.1) is 0 Å². The molecule has 21 heavy (non-hydrogen) atoms. The van der Waals surface area contributed by atoms with Crippen LogP contribution in [0.25, 0.3) is 10.9 Å². The number of nitrogens with zero attached hydrogens (tertiary/aromatic N) is 2. The highest BCUT2D eigenvalue weighted by Gasteiger charge is 2.17. The van der Waals surface area contributed by atoms with Crippen LogP contribution in [0.15, 0.2) is 48.5 Å². The van der Waals surface area contributed by atoms with E-state index in [9.17, 15) is 0 Å². The van der Waals surface area contributed by atoms with Crippen LogP contribution in [-0.4, -0.2) is 9.78 Å². The third kappa shape index (κ3) is 2.65. The summed E-state index contributed by atoms with van der Waals surface area (Å²) >= 11 is 6.27. The number of benzene rings is 2. The van der Waals surface area contributed by atoms with E-state index in [4.69, 9.17) is 17.4 Å². The lowest BCUT2D eigenvalue weighted by atomic mass is 10.0. The Morgan fingerprint density at radius 3 is 2.67 bits per heavy atom. The molecule has 108 valence electrons. The lowest BCUT2D eigenvalue weighted by molar-refractivity contribution is 0.543. The molecular weight excluding hydrogens is 284 g/mol. The van der Waals surface area contributed by atoms with Gasteiger partial charge in [-0.1, -0.05) is 48.0 Å². The predicted octanol–water partition coefficient (Wildman–Crippen LogP) is 2.97. The van der Waals surface area contributed by atoms with E-state index >= 15 is 0 Å². The van der Waals surface area contributed by atoms with Crippen molar-refractivity contribution >= 4 is 22.5 Å². The number of hydrazine groups is 1. The fourth-order valence-electron chi connectivity index (χ4n) is 2.65. The number of aromatic nitrogens is 2. The largest absolute Gasteiger partial charge is 0.271 e. The molecule has 0 bridgehead atoms. The predicted molar refractivity (Wildman–Crippen MR) is 85.9 cm³/mol. The van der Waals surface area contributed by atoms with Crippen molar-refractivity contribution in [2.45, 2.75) is 12.5 Å². The van der Waals surface area contributed by atoms with Gasteiger partial charge in [-0.05, 0) is 17.7 Å². The lowest BCUT2D eigenvalue weighted by Gasteiger charge is -2.16. The Morgan fingerprint density at radius 1 is 1.19 bits per heavy atom. The van der Waals surface area contributed by atoms with E-state index in [-0.39, 0.29) is 6.04 Å². The molecular formula is C16H17ClN4. The molecule has 0 saturated carbocycles. The van der Waals surface area contributed by atoms with Gasteiger partial charge in [-0.3, -0.25) is 16.0 Å². The van der Waals surface area contributed by atoms with Crippen molar-refractivity contribution in [1.29, 1.82) is 0 Å². The van der Waals surface area contributed by atoms with E-state index in [1.54, 1.807) is 0 Å². The van der Waals surface area contributed by atoms with Gasteiger partial charge in [-0.15, -0.1) is 0 Å². The molecule has 0 aliphatic rings. The normalized spacial score (nSPS) is 12.7. The Bertz CT molecular complexity index is 766. The van der Waals surface area contributed by atoms with E-state index in [1.165, 1.54) is 0 Å². The summed E-state index contributed by atoms with van der Waals surface area (Å²) in [5, 5.41) is 6.47. The van der Waals surface area contributed by atoms with Gasteiger partial charge in [0.2, 0.25) is 0 Å². The van der Waals surface area contributed by atoms with Gasteiger partial charge in [0.05, 0.1) is 17.3 Å². The summed E-state index contributed by atoms with van der Waals surface area (Å²) in [4.78, 5) is 0. The summed E-state index contributed by atoms with van der Waals surface area (Å²) in [6, 6.07) is 15.8. The van der Waals surface area contributed by atoms with Gasteiger partial charge in [0.1, 0.15) is 0 Å². The number of para-hydroxylation sites is 1. The quantitative estimate of drug-likeness (QED) is 0.575. The molecule has 1 unspecified atom stereocenters. The second kappa shape index (κ2) is 5.85. The molecule has 3 rings (SSSR count). The summed E-state index contributed by atoms with van der Waals surface area (Å²) in [6.45, 7) is 0. The lowest BCUT2D eigenvalue weighted by Crippen LogP contribution is -2.30. The number of fused-ring (bicyclic) bond motifs is 1. The molecule has 0 saturated heterocycles. The highest BCUT2D eigenvalue weighted by molar-refractivity contribution is 6.31. The third-order valence-electron chi connectivity index (χ3n) is 3.71. The zero-order chi connectivity index (χ0) is 14.8. The molecule has 0 spiro atoms. The van der Waals surface area contributed by atoms with Crippen LogP contribution in [0.2, 0.25) is 5.02 Å². The minimum absolute atomic E-state index is 0.0722. The van der Waals surface area contributed by atoms with Crippen molar-refractivity contribution in [2.24, 2.45) is 12.9 Å². The molecule has 0 aliphatic carbocycles. The van der Waals surface area contributed by atoms with E-state index in [0.29, 0.717) is 11.4 Å². The second-order valence-corrected chi connectivity index (χ2v) is 5.44. The average molecular weight is 301 g/mol. The number of nitrogens with two attached hydrogens (primary N) is 1. The molecule has 0 amide bonds. The van der Waals surface area contributed by atoms with Crippen molar-refractivity contribution in [3.05, 3.63) is 64.8 Å².